The lowest BCUT2D eigenvalue weighted by Gasteiger charge is -2.46. The van der Waals surface area contributed by atoms with Gasteiger partial charge < -0.3 is 10.2 Å². The molecule has 3 nitrogen and oxygen atoms in total. The molecule has 2 heterocycles. The lowest BCUT2D eigenvalue weighted by atomic mass is 9.74. The fourth-order valence-corrected chi connectivity index (χ4v) is 5.73. The van der Waals surface area contributed by atoms with Gasteiger partial charge in [-0.15, -0.1) is 0 Å². The normalized spacial score (nSPS) is 28.6. The first kappa shape index (κ1) is 16.2. The van der Waals surface area contributed by atoms with E-state index in [9.17, 15) is 4.79 Å². The Morgan fingerprint density at radius 3 is 2.11 bits per heavy atom. The minimum absolute atomic E-state index is 0.00926. The van der Waals surface area contributed by atoms with Gasteiger partial charge in [0.2, 0.25) is 0 Å². The van der Waals surface area contributed by atoms with Crippen LogP contribution in [0.4, 0.5) is 11.4 Å². The quantitative estimate of drug-likeness (QED) is 0.749. The molecule has 0 saturated heterocycles. The summed E-state index contributed by atoms with van der Waals surface area (Å²) in [7, 11) is 0. The molecule has 0 bridgehead atoms. The van der Waals surface area contributed by atoms with Crippen molar-refractivity contribution in [3.8, 4) is 0 Å². The maximum atomic E-state index is 13.1. The van der Waals surface area contributed by atoms with E-state index >= 15 is 0 Å². The van der Waals surface area contributed by atoms with Crippen molar-refractivity contribution in [1.29, 1.82) is 0 Å². The fraction of sp³-hybridized carbons (Fsp3) is 0.320. The second-order valence-corrected chi connectivity index (χ2v) is 8.63. The van der Waals surface area contributed by atoms with Crippen molar-refractivity contribution >= 4 is 17.3 Å². The smallest absolute Gasteiger partial charge is 0.255 e. The van der Waals surface area contributed by atoms with Crippen LogP contribution in [-0.2, 0) is 0 Å². The van der Waals surface area contributed by atoms with Crippen LogP contribution in [0.5, 0.6) is 0 Å². The number of benzene rings is 2. The number of hydrogen-bond donors (Lipinski definition) is 1. The summed E-state index contributed by atoms with van der Waals surface area (Å²) in [5.74, 6) is 2.20. The van der Waals surface area contributed by atoms with E-state index in [-0.39, 0.29) is 5.91 Å². The number of rotatable bonds is 2. The molecule has 0 aromatic heterocycles. The Balaban J connectivity index is 1.47. The van der Waals surface area contributed by atoms with Gasteiger partial charge in [0.05, 0.1) is 0 Å². The third-order valence-corrected chi connectivity index (χ3v) is 6.99. The van der Waals surface area contributed by atoms with E-state index in [2.05, 4.69) is 46.7 Å². The molecule has 6 rings (SSSR count). The van der Waals surface area contributed by atoms with Crippen LogP contribution in [0, 0.1) is 11.8 Å². The summed E-state index contributed by atoms with van der Waals surface area (Å²) in [6.07, 6.45) is 11.7. The zero-order valence-corrected chi connectivity index (χ0v) is 15.8. The summed E-state index contributed by atoms with van der Waals surface area (Å²) in [6.45, 7) is 2.30. The molecule has 0 unspecified atom stereocenters. The van der Waals surface area contributed by atoms with Crippen LogP contribution < -0.4 is 10.2 Å². The molecule has 2 aliphatic heterocycles. The van der Waals surface area contributed by atoms with Gasteiger partial charge in [-0.05, 0) is 60.1 Å². The maximum absolute atomic E-state index is 13.1. The predicted octanol–water partition coefficient (Wildman–Crippen LogP) is 5.09. The van der Waals surface area contributed by atoms with Gasteiger partial charge in [0.25, 0.3) is 5.91 Å². The van der Waals surface area contributed by atoms with Gasteiger partial charge in [0.15, 0.2) is 0 Å². The number of allylic oxidation sites excluding steroid dienone is 4. The molecule has 0 fully saturated rings. The third kappa shape index (κ3) is 2.39. The lowest BCUT2D eigenvalue weighted by molar-refractivity contribution is 0.102. The van der Waals surface area contributed by atoms with Gasteiger partial charge in [-0.25, -0.2) is 0 Å². The van der Waals surface area contributed by atoms with Crippen LogP contribution in [-0.4, -0.2) is 19.0 Å². The molecule has 140 valence electrons. The Kier molecular flexibility index (Phi) is 3.52. The number of para-hydroxylation sites is 1. The van der Waals surface area contributed by atoms with Crippen LogP contribution in [0.3, 0.4) is 0 Å². The molecule has 0 radical (unpaired) electrons. The number of amides is 1. The molecule has 4 atom stereocenters. The molecule has 2 aromatic carbocycles. The van der Waals surface area contributed by atoms with Gasteiger partial charge >= 0.3 is 0 Å². The number of carbonyl (C=O) groups excluding carboxylic acids is 1. The average Bonchev–Trinajstić information content (AvgIpc) is 3.38. The van der Waals surface area contributed by atoms with E-state index in [1.807, 2.05) is 30.3 Å². The second kappa shape index (κ2) is 6.10. The monoisotopic (exact) mass is 368 g/mol. The minimum atomic E-state index is -0.00926. The van der Waals surface area contributed by atoms with Gasteiger partial charge in [-0.1, -0.05) is 42.5 Å². The first-order chi connectivity index (χ1) is 13.8. The molecule has 0 saturated carbocycles. The van der Waals surface area contributed by atoms with Gasteiger partial charge in [-0.3, -0.25) is 4.79 Å². The number of anilines is 2. The number of nitrogens with zero attached hydrogens (tertiary/aromatic N) is 1. The lowest BCUT2D eigenvalue weighted by Crippen LogP contribution is -2.43. The summed E-state index contributed by atoms with van der Waals surface area (Å²) in [4.78, 5) is 15.7. The zero-order valence-electron chi connectivity index (χ0n) is 15.8. The van der Waals surface area contributed by atoms with E-state index < -0.39 is 0 Å². The summed E-state index contributed by atoms with van der Waals surface area (Å²) in [5.41, 5.74) is 5.77. The predicted molar refractivity (Wildman–Crippen MR) is 113 cm³/mol. The Labute approximate surface area is 165 Å². The van der Waals surface area contributed by atoms with E-state index in [1.165, 1.54) is 16.8 Å². The number of hydrogen-bond acceptors (Lipinski definition) is 2. The van der Waals surface area contributed by atoms with Gasteiger partial charge in [-0.2, -0.15) is 0 Å². The number of nitrogens with one attached hydrogen (secondary N) is 1. The van der Waals surface area contributed by atoms with Crippen LogP contribution in [0.15, 0.2) is 66.8 Å². The highest BCUT2D eigenvalue weighted by Gasteiger charge is 2.42. The van der Waals surface area contributed by atoms with E-state index in [0.29, 0.717) is 23.7 Å². The first-order valence-electron chi connectivity index (χ1n) is 10.4. The first-order valence-corrected chi connectivity index (χ1v) is 10.4. The van der Waals surface area contributed by atoms with Crippen LogP contribution in [0.2, 0.25) is 0 Å². The van der Waals surface area contributed by atoms with Crippen molar-refractivity contribution in [3.05, 3.63) is 83.5 Å². The molecule has 3 heteroatoms. The Bertz CT molecular complexity index is 955. The number of carbonyl (C=O) groups is 1. The molecule has 2 aromatic rings. The summed E-state index contributed by atoms with van der Waals surface area (Å²) in [6, 6.07) is 14.1. The highest BCUT2D eigenvalue weighted by Crippen LogP contribution is 2.53. The SMILES string of the molecule is O=C(Nc1ccccc1)c1cc2c3c(c1)[C@@H]1C=CC[C@H]1CN3C[C@H]1CC=C[C@@H]21. The molecular weight excluding hydrogens is 344 g/mol. The van der Waals surface area contributed by atoms with Crippen LogP contribution >= 0.6 is 0 Å². The average molecular weight is 368 g/mol. The molecule has 1 N–H and O–H groups in total. The van der Waals surface area contributed by atoms with Crippen LogP contribution in [0.25, 0.3) is 0 Å². The summed E-state index contributed by atoms with van der Waals surface area (Å²) in [5, 5.41) is 3.08. The Morgan fingerprint density at radius 1 is 0.893 bits per heavy atom. The fourth-order valence-electron chi connectivity index (χ4n) is 5.73. The van der Waals surface area contributed by atoms with E-state index in [1.54, 1.807) is 0 Å². The second-order valence-electron chi connectivity index (χ2n) is 8.63. The molecular formula is C25H24N2O. The van der Waals surface area contributed by atoms with Gasteiger partial charge in [0.1, 0.15) is 0 Å². The van der Waals surface area contributed by atoms with Crippen molar-refractivity contribution in [2.45, 2.75) is 24.7 Å². The molecule has 4 aliphatic rings. The summed E-state index contributed by atoms with van der Waals surface area (Å²) >= 11 is 0. The number of fused-ring (bicyclic) bond motifs is 4. The van der Waals surface area contributed by atoms with Gasteiger partial charge in [0, 0.05) is 41.9 Å². The zero-order chi connectivity index (χ0) is 18.7. The third-order valence-electron chi connectivity index (χ3n) is 6.99. The molecule has 1 amide bonds. The topological polar surface area (TPSA) is 32.3 Å². The molecule has 2 aliphatic carbocycles. The molecule has 28 heavy (non-hydrogen) atoms. The van der Waals surface area contributed by atoms with Crippen molar-refractivity contribution in [2.24, 2.45) is 11.8 Å². The Morgan fingerprint density at radius 2 is 1.50 bits per heavy atom. The standard InChI is InChI=1S/C25H24N2O/c28-25(26-19-8-2-1-3-9-19)18-12-22-20-10-4-6-16(20)14-27-15-17-7-5-11-21(17)23(13-18)24(22)27/h1-5,8-13,16-17,20-21H,6-7,14-15H2,(H,26,28)/t16-,17+,20-,21-/m1/s1. The van der Waals surface area contributed by atoms with Crippen molar-refractivity contribution in [1.82, 2.24) is 0 Å². The summed E-state index contributed by atoms with van der Waals surface area (Å²) < 4.78 is 0. The highest BCUT2D eigenvalue weighted by molar-refractivity contribution is 6.05. The van der Waals surface area contributed by atoms with Crippen molar-refractivity contribution < 1.29 is 4.79 Å². The van der Waals surface area contributed by atoms with Crippen molar-refractivity contribution in [2.75, 3.05) is 23.3 Å². The maximum Gasteiger partial charge on any atom is 0.255 e. The van der Waals surface area contributed by atoms with Crippen molar-refractivity contribution in [3.63, 3.8) is 0 Å². The van der Waals surface area contributed by atoms with E-state index in [4.69, 9.17) is 0 Å². The highest BCUT2D eigenvalue weighted by atomic mass is 16.1. The minimum Gasteiger partial charge on any atom is -0.370 e. The molecule has 0 spiro atoms. The largest absolute Gasteiger partial charge is 0.370 e. The van der Waals surface area contributed by atoms with Crippen LogP contribution in [0.1, 0.15) is 46.2 Å². The van der Waals surface area contributed by atoms with E-state index in [0.717, 1.165) is 37.2 Å². The Hall–Kier alpha value is -2.81.